The Labute approximate surface area is 384 Å². The highest BCUT2D eigenvalue weighted by atomic mass is 15.2. The molecule has 0 saturated heterocycles. The average molecular weight is 841 g/mol. The highest BCUT2D eigenvalue weighted by Gasteiger charge is 2.24. The Morgan fingerprint density at radius 2 is 0.864 bits per heavy atom. The van der Waals surface area contributed by atoms with Crippen molar-refractivity contribution in [3.8, 4) is 84.0 Å². The highest BCUT2D eigenvalue weighted by Crippen LogP contribution is 2.49. The number of amidine groups is 2. The number of hydrogen-bond acceptors (Lipinski definition) is 4. The minimum Gasteiger partial charge on any atom is -0.344 e. The molecule has 4 nitrogen and oxygen atoms in total. The number of fused-ring (bicyclic) bond motifs is 3. The fraction of sp³-hybridized carbons (Fsp3) is 0.0161. The molecule has 1 aliphatic carbocycles. The molecule has 1 heterocycles. The van der Waals surface area contributed by atoms with Crippen LogP contribution >= 0.6 is 0 Å². The van der Waals surface area contributed by atoms with Crippen molar-refractivity contribution in [3.05, 3.63) is 253 Å². The van der Waals surface area contributed by atoms with Crippen molar-refractivity contribution in [3.63, 3.8) is 0 Å². The lowest BCUT2D eigenvalue weighted by atomic mass is 9.88. The standard InChI is InChI=1S/C62H40N4/c63-39-51-32-31-48(37-57(51)53-24-8-7-23-52(53)49-33-34-54-55-25-11-17-42-18-12-26-56(59(42)55)58(54)38-49)47-21-9-19-45(35-47)41-27-29-44(30-28-41)61-64-60(43-15-5-2-6-16-43)65-62(66-61)50-22-10-20-46(36-50)40-13-3-1-4-14-40/h1-38,61H,(H,64,65,66). The van der Waals surface area contributed by atoms with E-state index in [2.05, 4.69) is 212 Å². The van der Waals surface area contributed by atoms with Gasteiger partial charge in [-0.25, -0.2) is 9.98 Å². The van der Waals surface area contributed by atoms with Crippen LogP contribution in [0.2, 0.25) is 0 Å². The molecule has 0 fully saturated rings. The molecule has 4 heteroatoms. The summed E-state index contributed by atoms with van der Waals surface area (Å²) < 4.78 is 0. The molecule has 2 aliphatic rings. The summed E-state index contributed by atoms with van der Waals surface area (Å²) in [6.07, 6.45) is -0.337. The van der Waals surface area contributed by atoms with Gasteiger partial charge in [-0.3, -0.25) is 0 Å². The summed E-state index contributed by atoms with van der Waals surface area (Å²) >= 11 is 0. The van der Waals surface area contributed by atoms with Gasteiger partial charge < -0.3 is 5.32 Å². The molecule has 10 aromatic carbocycles. The smallest absolute Gasteiger partial charge is 0.159 e. The summed E-state index contributed by atoms with van der Waals surface area (Å²) in [4.78, 5) is 10.2. The van der Waals surface area contributed by atoms with Crippen LogP contribution in [0.3, 0.4) is 0 Å². The van der Waals surface area contributed by atoms with Gasteiger partial charge >= 0.3 is 0 Å². The average Bonchev–Trinajstić information content (AvgIpc) is 3.73. The second-order valence-electron chi connectivity index (χ2n) is 16.9. The van der Waals surface area contributed by atoms with Gasteiger partial charge in [0, 0.05) is 16.7 Å². The molecule has 308 valence electrons. The zero-order valence-electron chi connectivity index (χ0n) is 35.9. The van der Waals surface area contributed by atoms with E-state index in [0.29, 0.717) is 11.4 Å². The molecule has 1 N–H and O–H groups in total. The summed E-state index contributed by atoms with van der Waals surface area (Å²) in [6, 6.07) is 83.5. The molecule has 12 rings (SSSR count). The second-order valence-corrected chi connectivity index (χ2v) is 16.9. The Morgan fingerprint density at radius 3 is 1.59 bits per heavy atom. The molecular weight excluding hydrogens is 801 g/mol. The fourth-order valence-corrected chi connectivity index (χ4v) is 9.67. The van der Waals surface area contributed by atoms with E-state index in [4.69, 9.17) is 9.98 Å². The van der Waals surface area contributed by atoms with Gasteiger partial charge in [-0.1, -0.05) is 200 Å². The maximum Gasteiger partial charge on any atom is 0.159 e. The lowest BCUT2D eigenvalue weighted by Crippen LogP contribution is -2.33. The van der Waals surface area contributed by atoms with E-state index in [1.165, 1.54) is 33.0 Å². The molecule has 0 bridgehead atoms. The molecule has 1 atom stereocenters. The Morgan fingerprint density at radius 1 is 0.364 bits per heavy atom. The van der Waals surface area contributed by atoms with Crippen LogP contribution in [-0.2, 0) is 0 Å². The number of benzene rings is 10. The van der Waals surface area contributed by atoms with Gasteiger partial charge in [-0.2, -0.15) is 5.26 Å². The van der Waals surface area contributed by atoms with Crippen molar-refractivity contribution in [1.29, 1.82) is 5.26 Å². The molecule has 0 radical (unpaired) electrons. The molecule has 0 spiro atoms. The number of aliphatic imine (C=N–C) groups is 2. The van der Waals surface area contributed by atoms with Gasteiger partial charge in [0.05, 0.1) is 11.6 Å². The fourth-order valence-electron chi connectivity index (χ4n) is 9.67. The van der Waals surface area contributed by atoms with Crippen LogP contribution in [-0.4, -0.2) is 11.7 Å². The van der Waals surface area contributed by atoms with E-state index in [1.807, 2.05) is 30.3 Å². The molecule has 1 aliphatic heterocycles. The third-order valence-electron chi connectivity index (χ3n) is 12.9. The van der Waals surface area contributed by atoms with E-state index < -0.39 is 0 Å². The SMILES string of the molecule is N#Cc1ccc(-c2cccc(-c3ccc(C4N=C(c5ccccc5)N=C(c5cccc(-c6ccccc6)c5)N4)cc3)c2)cc1-c1ccccc1-c1ccc2c(c1)-c1cccc3cccc-2c13. The first kappa shape index (κ1) is 38.7. The summed E-state index contributed by atoms with van der Waals surface area (Å²) in [5, 5.41) is 16.7. The Hall–Kier alpha value is -8.91. The first-order valence-electron chi connectivity index (χ1n) is 22.3. The lowest BCUT2D eigenvalue weighted by molar-refractivity contribution is 0.674. The van der Waals surface area contributed by atoms with Gasteiger partial charge in [-0.05, 0) is 119 Å². The van der Waals surface area contributed by atoms with Crippen molar-refractivity contribution in [2.24, 2.45) is 9.98 Å². The summed E-state index contributed by atoms with van der Waals surface area (Å²) in [7, 11) is 0. The quantitative estimate of drug-likeness (QED) is 0.166. The van der Waals surface area contributed by atoms with E-state index >= 15 is 0 Å². The number of nitrogens with one attached hydrogen (secondary N) is 1. The number of rotatable bonds is 8. The first-order chi connectivity index (χ1) is 32.6. The van der Waals surface area contributed by atoms with Crippen molar-refractivity contribution >= 4 is 22.4 Å². The second kappa shape index (κ2) is 16.3. The van der Waals surface area contributed by atoms with Gasteiger partial charge in [0.1, 0.15) is 12.0 Å². The first-order valence-corrected chi connectivity index (χ1v) is 22.3. The summed E-state index contributed by atoms with van der Waals surface area (Å²) in [5.41, 5.74) is 19.5. The monoisotopic (exact) mass is 840 g/mol. The Kier molecular flexibility index (Phi) is 9.59. The predicted octanol–water partition coefficient (Wildman–Crippen LogP) is 15.2. The number of hydrogen-bond donors (Lipinski definition) is 1. The van der Waals surface area contributed by atoms with E-state index in [-0.39, 0.29) is 6.17 Å². The molecule has 1 unspecified atom stereocenters. The van der Waals surface area contributed by atoms with Crippen LogP contribution in [0, 0.1) is 11.3 Å². The van der Waals surface area contributed by atoms with E-state index in [1.54, 1.807) is 0 Å². The lowest BCUT2D eigenvalue weighted by Gasteiger charge is -2.24. The molecule has 0 aromatic heterocycles. The van der Waals surface area contributed by atoms with Crippen molar-refractivity contribution in [2.75, 3.05) is 0 Å². The van der Waals surface area contributed by atoms with E-state index in [0.717, 1.165) is 78.2 Å². The van der Waals surface area contributed by atoms with Gasteiger partial charge in [0.25, 0.3) is 0 Å². The van der Waals surface area contributed by atoms with Crippen molar-refractivity contribution in [1.82, 2.24) is 5.32 Å². The van der Waals surface area contributed by atoms with Crippen molar-refractivity contribution < 1.29 is 0 Å². The van der Waals surface area contributed by atoms with Crippen LogP contribution in [0.5, 0.6) is 0 Å². The minimum atomic E-state index is -0.337. The summed E-state index contributed by atoms with van der Waals surface area (Å²) in [6.45, 7) is 0. The third-order valence-corrected chi connectivity index (χ3v) is 12.9. The topological polar surface area (TPSA) is 60.5 Å². The minimum absolute atomic E-state index is 0.337. The van der Waals surface area contributed by atoms with Crippen molar-refractivity contribution in [2.45, 2.75) is 6.17 Å². The Bertz CT molecular complexity index is 3610. The maximum atomic E-state index is 10.5. The zero-order valence-corrected chi connectivity index (χ0v) is 35.9. The molecule has 0 amide bonds. The largest absolute Gasteiger partial charge is 0.344 e. The summed E-state index contributed by atoms with van der Waals surface area (Å²) in [5.74, 6) is 1.47. The predicted molar refractivity (Wildman–Crippen MR) is 272 cm³/mol. The zero-order chi connectivity index (χ0) is 44.0. The highest BCUT2D eigenvalue weighted by molar-refractivity contribution is 6.16. The maximum absolute atomic E-state index is 10.5. The van der Waals surface area contributed by atoms with Crippen LogP contribution in [0.4, 0.5) is 0 Å². The van der Waals surface area contributed by atoms with Crippen LogP contribution in [0.15, 0.2) is 241 Å². The normalized spacial score (nSPS) is 13.6. The third kappa shape index (κ3) is 6.97. The molecule has 66 heavy (non-hydrogen) atoms. The number of nitriles is 1. The van der Waals surface area contributed by atoms with Crippen LogP contribution in [0.1, 0.15) is 28.4 Å². The van der Waals surface area contributed by atoms with Gasteiger partial charge in [-0.15, -0.1) is 0 Å². The van der Waals surface area contributed by atoms with Gasteiger partial charge in [0.2, 0.25) is 0 Å². The Balaban J connectivity index is 0.851. The van der Waals surface area contributed by atoms with Crippen LogP contribution in [0.25, 0.3) is 88.7 Å². The van der Waals surface area contributed by atoms with E-state index in [9.17, 15) is 5.26 Å². The van der Waals surface area contributed by atoms with Crippen LogP contribution < -0.4 is 5.32 Å². The molecular formula is C62H40N4. The van der Waals surface area contributed by atoms with Gasteiger partial charge in [0.15, 0.2) is 5.84 Å². The molecule has 0 saturated carbocycles. The molecule has 10 aromatic rings. The number of nitrogens with zero attached hydrogens (tertiary/aromatic N) is 3.